The Morgan fingerprint density at radius 3 is 2.43 bits per heavy atom. The molecule has 3 heteroatoms. The standard InChI is InChI=1S/C11H22N2O/c1-8(2)12-11(14)9-5-6-10(7-9)13(3)4/h8-10H,5-7H2,1-4H3,(H,12,14). The first-order valence-electron chi connectivity index (χ1n) is 5.47. The Morgan fingerprint density at radius 2 is 2.00 bits per heavy atom. The number of hydrogen-bond donors (Lipinski definition) is 1. The minimum absolute atomic E-state index is 0.240. The van der Waals surface area contributed by atoms with Gasteiger partial charge in [-0.15, -0.1) is 0 Å². The van der Waals surface area contributed by atoms with Crippen molar-refractivity contribution in [3.05, 3.63) is 0 Å². The monoisotopic (exact) mass is 198 g/mol. The Labute approximate surface area is 86.9 Å². The van der Waals surface area contributed by atoms with Crippen molar-refractivity contribution < 1.29 is 4.79 Å². The molecule has 0 spiro atoms. The summed E-state index contributed by atoms with van der Waals surface area (Å²) in [5.41, 5.74) is 0. The second kappa shape index (κ2) is 4.78. The number of rotatable bonds is 3. The summed E-state index contributed by atoms with van der Waals surface area (Å²) in [7, 11) is 4.18. The van der Waals surface area contributed by atoms with Gasteiger partial charge in [0.2, 0.25) is 5.91 Å². The van der Waals surface area contributed by atoms with Gasteiger partial charge in [-0.2, -0.15) is 0 Å². The van der Waals surface area contributed by atoms with Gasteiger partial charge in [-0.25, -0.2) is 0 Å². The number of nitrogens with zero attached hydrogens (tertiary/aromatic N) is 1. The number of hydrogen-bond acceptors (Lipinski definition) is 2. The van der Waals surface area contributed by atoms with Crippen LogP contribution >= 0.6 is 0 Å². The molecular formula is C11H22N2O. The lowest BCUT2D eigenvalue weighted by Gasteiger charge is -2.19. The lowest BCUT2D eigenvalue weighted by molar-refractivity contribution is -0.125. The van der Waals surface area contributed by atoms with Crippen LogP contribution in [0.15, 0.2) is 0 Å². The van der Waals surface area contributed by atoms with Crippen LogP contribution in [0.3, 0.4) is 0 Å². The number of amides is 1. The van der Waals surface area contributed by atoms with Crippen LogP contribution in [0.1, 0.15) is 33.1 Å². The molecule has 0 aromatic heterocycles. The highest BCUT2D eigenvalue weighted by molar-refractivity contribution is 5.79. The highest BCUT2D eigenvalue weighted by Gasteiger charge is 2.30. The van der Waals surface area contributed by atoms with Crippen LogP contribution in [0.25, 0.3) is 0 Å². The number of carbonyl (C=O) groups is 1. The molecule has 0 aliphatic heterocycles. The lowest BCUT2D eigenvalue weighted by Crippen LogP contribution is -2.35. The molecule has 1 rings (SSSR count). The summed E-state index contributed by atoms with van der Waals surface area (Å²) in [6.07, 6.45) is 3.22. The van der Waals surface area contributed by atoms with Crippen molar-refractivity contribution in [3.8, 4) is 0 Å². The van der Waals surface area contributed by atoms with E-state index in [0.29, 0.717) is 6.04 Å². The van der Waals surface area contributed by atoms with Crippen LogP contribution in [0.4, 0.5) is 0 Å². The van der Waals surface area contributed by atoms with Crippen LogP contribution in [-0.2, 0) is 4.79 Å². The Balaban J connectivity index is 2.38. The largest absolute Gasteiger partial charge is 0.354 e. The fourth-order valence-electron chi connectivity index (χ4n) is 2.07. The van der Waals surface area contributed by atoms with Crippen LogP contribution in [0.5, 0.6) is 0 Å². The molecule has 0 saturated heterocycles. The zero-order valence-corrected chi connectivity index (χ0v) is 9.71. The van der Waals surface area contributed by atoms with E-state index >= 15 is 0 Å². The molecule has 0 heterocycles. The lowest BCUT2D eigenvalue weighted by atomic mass is 10.1. The average molecular weight is 198 g/mol. The molecule has 1 fully saturated rings. The topological polar surface area (TPSA) is 32.3 Å². The van der Waals surface area contributed by atoms with Gasteiger partial charge in [0.25, 0.3) is 0 Å². The molecule has 3 nitrogen and oxygen atoms in total. The van der Waals surface area contributed by atoms with Crippen molar-refractivity contribution in [2.45, 2.75) is 45.2 Å². The van der Waals surface area contributed by atoms with Crippen LogP contribution in [-0.4, -0.2) is 37.0 Å². The van der Waals surface area contributed by atoms with Gasteiger partial charge >= 0.3 is 0 Å². The molecule has 1 amide bonds. The molecule has 1 N–H and O–H groups in total. The average Bonchev–Trinajstić information content (AvgIpc) is 2.50. The molecule has 1 aliphatic carbocycles. The van der Waals surface area contributed by atoms with Gasteiger partial charge in [-0.3, -0.25) is 4.79 Å². The summed E-state index contributed by atoms with van der Waals surface area (Å²) in [6.45, 7) is 4.02. The maximum atomic E-state index is 11.7. The van der Waals surface area contributed by atoms with E-state index in [0.717, 1.165) is 19.3 Å². The van der Waals surface area contributed by atoms with E-state index in [1.54, 1.807) is 0 Å². The summed E-state index contributed by atoms with van der Waals surface area (Å²) >= 11 is 0. The van der Waals surface area contributed by atoms with E-state index in [9.17, 15) is 4.79 Å². The third kappa shape index (κ3) is 2.98. The van der Waals surface area contributed by atoms with Crippen molar-refractivity contribution in [3.63, 3.8) is 0 Å². The molecule has 2 atom stereocenters. The fourth-order valence-corrected chi connectivity index (χ4v) is 2.07. The maximum Gasteiger partial charge on any atom is 0.223 e. The highest BCUT2D eigenvalue weighted by atomic mass is 16.1. The summed E-state index contributed by atoms with van der Waals surface area (Å²) in [5.74, 6) is 0.481. The van der Waals surface area contributed by atoms with Gasteiger partial charge in [0.15, 0.2) is 0 Å². The SMILES string of the molecule is CC(C)NC(=O)C1CCC(N(C)C)C1. The first-order valence-corrected chi connectivity index (χ1v) is 5.47. The second-order valence-electron chi connectivity index (χ2n) is 4.79. The van der Waals surface area contributed by atoms with E-state index < -0.39 is 0 Å². The molecule has 1 aliphatic rings. The molecule has 2 unspecified atom stereocenters. The molecule has 82 valence electrons. The summed E-state index contributed by atoms with van der Waals surface area (Å²) in [5, 5.41) is 2.99. The molecule has 0 aromatic rings. The normalized spacial score (nSPS) is 27.3. The fraction of sp³-hybridized carbons (Fsp3) is 0.909. The smallest absolute Gasteiger partial charge is 0.223 e. The molecule has 0 bridgehead atoms. The minimum atomic E-state index is 0.240. The van der Waals surface area contributed by atoms with Gasteiger partial charge in [-0.1, -0.05) is 0 Å². The second-order valence-corrected chi connectivity index (χ2v) is 4.79. The quantitative estimate of drug-likeness (QED) is 0.740. The first-order chi connectivity index (χ1) is 6.50. The minimum Gasteiger partial charge on any atom is -0.354 e. The summed E-state index contributed by atoms with van der Waals surface area (Å²) in [4.78, 5) is 13.9. The van der Waals surface area contributed by atoms with E-state index in [2.05, 4.69) is 24.3 Å². The third-order valence-corrected chi connectivity index (χ3v) is 2.94. The molecule has 1 saturated carbocycles. The van der Waals surface area contributed by atoms with Crippen molar-refractivity contribution >= 4 is 5.91 Å². The van der Waals surface area contributed by atoms with E-state index in [4.69, 9.17) is 0 Å². The van der Waals surface area contributed by atoms with Gasteiger partial charge in [0, 0.05) is 18.0 Å². The Morgan fingerprint density at radius 1 is 1.36 bits per heavy atom. The number of carbonyl (C=O) groups excluding carboxylic acids is 1. The number of nitrogens with one attached hydrogen (secondary N) is 1. The highest BCUT2D eigenvalue weighted by Crippen LogP contribution is 2.28. The van der Waals surface area contributed by atoms with Gasteiger partial charge < -0.3 is 10.2 Å². The van der Waals surface area contributed by atoms with Gasteiger partial charge in [0.1, 0.15) is 0 Å². The Bertz CT molecular complexity index is 201. The predicted molar refractivity (Wildman–Crippen MR) is 58.1 cm³/mol. The van der Waals surface area contributed by atoms with Crippen LogP contribution in [0, 0.1) is 5.92 Å². The van der Waals surface area contributed by atoms with Crippen molar-refractivity contribution in [2.75, 3.05) is 14.1 Å². The Kier molecular flexibility index (Phi) is 3.93. The van der Waals surface area contributed by atoms with E-state index in [1.165, 1.54) is 0 Å². The summed E-state index contributed by atoms with van der Waals surface area (Å²) in [6, 6.07) is 0.860. The van der Waals surface area contributed by atoms with Gasteiger partial charge in [0.05, 0.1) is 0 Å². The van der Waals surface area contributed by atoms with Crippen molar-refractivity contribution in [2.24, 2.45) is 5.92 Å². The molecule has 14 heavy (non-hydrogen) atoms. The van der Waals surface area contributed by atoms with E-state index in [1.807, 2.05) is 13.8 Å². The van der Waals surface area contributed by atoms with Crippen LogP contribution in [0.2, 0.25) is 0 Å². The van der Waals surface area contributed by atoms with Gasteiger partial charge in [-0.05, 0) is 47.2 Å². The maximum absolute atomic E-state index is 11.7. The third-order valence-electron chi connectivity index (χ3n) is 2.94. The predicted octanol–water partition coefficient (Wildman–Crippen LogP) is 1.24. The van der Waals surface area contributed by atoms with E-state index in [-0.39, 0.29) is 17.9 Å². The summed E-state index contributed by atoms with van der Waals surface area (Å²) < 4.78 is 0. The molecule has 0 radical (unpaired) electrons. The zero-order valence-electron chi connectivity index (χ0n) is 9.71. The zero-order chi connectivity index (χ0) is 10.7. The first kappa shape index (κ1) is 11.5. The van der Waals surface area contributed by atoms with Crippen molar-refractivity contribution in [1.82, 2.24) is 10.2 Å². The van der Waals surface area contributed by atoms with Crippen molar-refractivity contribution in [1.29, 1.82) is 0 Å². The molecule has 0 aromatic carbocycles. The van der Waals surface area contributed by atoms with Crippen LogP contribution < -0.4 is 5.32 Å². The molecular weight excluding hydrogens is 176 g/mol. The Hall–Kier alpha value is -0.570.